The van der Waals surface area contributed by atoms with Gasteiger partial charge in [-0.05, 0) is 31.2 Å². The molecule has 0 amide bonds. The molecule has 0 aliphatic rings. The summed E-state index contributed by atoms with van der Waals surface area (Å²) in [6.45, 7) is 3.67. The highest BCUT2D eigenvalue weighted by Gasteiger charge is 2.12. The zero-order valence-corrected chi connectivity index (χ0v) is 9.27. The standard InChI is InChI=1S/C11H15FOS/c1-3-7-14-10-6-4-5-9(12)11(10)8(2)13/h4-6,8,13H,3,7H2,1-2H3. The Kier molecular flexibility index (Phi) is 4.42. The van der Waals surface area contributed by atoms with Crippen molar-refractivity contribution in [3.8, 4) is 0 Å². The molecule has 0 bridgehead atoms. The van der Waals surface area contributed by atoms with Crippen LogP contribution in [0, 0.1) is 5.82 Å². The molecule has 1 N–H and O–H groups in total. The minimum Gasteiger partial charge on any atom is -0.389 e. The monoisotopic (exact) mass is 214 g/mol. The zero-order chi connectivity index (χ0) is 10.6. The summed E-state index contributed by atoms with van der Waals surface area (Å²) < 4.78 is 13.4. The number of rotatable bonds is 4. The van der Waals surface area contributed by atoms with E-state index in [1.807, 2.05) is 6.07 Å². The van der Waals surface area contributed by atoms with Gasteiger partial charge in [0.25, 0.3) is 0 Å². The third kappa shape index (κ3) is 2.72. The first kappa shape index (κ1) is 11.5. The lowest BCUT2D eigenvalue weighted by Crippen LogP contribution is -1.98. The fraction of sp³-hybridized carbons (Fsp3) is 0.455. The predicted octanol–water partition coefficient (Wildman–Crippen LogP) is 3.38. The molecule has 0 aromatic heterocycles. The molecule has 1 unspecified atom stereocenters. The lowest BCUT2D eigenvalue weighted by Gasteiger charge is -2.11. The molecular weight excluding hydrogens is 199 g/mol. The molecule has 1 rings (SSSR count). The molecule has 3 heteroatoms. The molecule has 1 atom stereocenters. The van der Waals surface area contributed by atoms with E-state index in [4.69, 9.17) is 0 Å². The van der Waals surface area contributed by atoms with Gasteiger partial charge in [0.1, 0.15) is 5.82 Å². The molecule has 78 valence electrons. The van der Waals surface area contributed by atoms with Gasteiger partial charge in [-0.2, -0.15) is 0 Å². The van der Waals surface area contributed by atoms with Crippen molar-refractivity contribution in [1.29, 1.82) is 0 Å². The second-order valence-electron chi connectivity index (χ2n) is 3.18. The van der Waals surface area contributed by atoms with E-state index < -0.39 is 6.10 Å². The van der Waals surface area contributed by atoms with Gasteiger partial charge in [0.05, 0.1) is 6.10 Å². The highest BCUT2D eigenvalue weighted by atomic mass is 32.2. The maximum atomic E-state index is 13.4. The van der Waals surface area contributed by atoms with Crippen LogP contribution in [0.4, 0.5) is 4.39 Å². The van der Waals surface area contributed by atoms with E-state index in [0.29, 0.717) is 5.56 Å². The van der Waals surface area contributed by atoms with Gasteiger partial charge < -0.3 is 5.11 Å². The van der Waals surface area contributed by atoms with Crippen molar-refractivity contribution in [3.05, 3.63) is 29.6 Å². The summed E-state index contributed by atoms with van der Waals surface area (Å²) in [7, 11) is 0. The molecule has 0 saturated carbocycles. The van der Waals surface area contributed by atoms with E-state index in [9.17, 15) is 9.50 Å². The van der Waals surface area contributed by atoms with E-state index in [2.05, 4.69) is 6.92 Å². The Morgan fingerprint density at radius 1 is 1.50 bits per heavy atom. The summed E-state index contributed by atoms with van der Waals surface area (Å²) in [5.74, 6) is 0.629. The molecule has 0 spiro atoms. The topological polar surface area (TPSA) is 20.2 Å². The van der Waals surface area contributed by atoms with Crippen LogP contribution in [0.2, 0.25) is 0 Å². The highest BCUT2D eigenvalue weighted by molar-refractivity contribution is 7.99. The van der Waals surface area contributed by atoms with Crippen LogP contribution in [0.3, 0.4) is 0 Å². The molecule has 0 fully saturated rings. The van der Waals surface area contributed by atoms with E-state index in [0.717, 1.165) is 17.1 Å². The second kappa shape index (κ2) is 5.37. The molecule has 0 aliphatic heterocycles. The van der Waals surface area contributed by atoms with E-state index in [1.165, 1.54) is 6.07 Å². The van der Waals surface area contributed by atoms with Crippen LogP contribution in [0.1, 0.15) is 31.9 Å². The van der Waals surface area contributed by atoms with Crippen molar-refractivity contribution >= 4 is 11.8 Å². The summed E-state index contributed by atoms with van der Waals surface area (Å²) >= 11 is 1.59. The molecule has 14 heavy (non-hydrogen) atoms. The van der Waals surface area contributed by atoms with Crippen molar-refractivity contribution in [2.75, 3.05) is 5.75 Å². The first-order valence-electron chi connectivity index (χ1n) is 4.76. The Morgan fingerprint density at radius 3 is 2.79 bits per heavy atom. The molecule has 1 aromatic carbocycles. The van der Waals surface area contributed by atoms with Gasteiger partial charge >= 0.3 is 0 Å². The Balaban J connectivity index is 2.96. The first-order chi connectivity index (χ1) is 6.66. The normalized spacial score (nSPS) is 12.9. The lowest BCUT2D eigenvalue weighted by molar-refractivity contribution is 0.191. The van der Waals surface area contributed by atoms with Gasteiger partial charge in [-0.15, -0.1) is 11.8 Å². The van der Waals surface area contributed by atoms with Gasteiger partial charge in [0, 0.05) is 10.5 Å². The largest absolute Gasteiger partial charge is 0.389 e. The SMILES string of the molecule is CCCSc1cccc(F)c1C(C)O. The van der Waals surface area contributed by atoms with Gasteiger partial charge in [-0.25, -0.2) is 4.39 Å². The molecule has 0 saturated heterocycles. The van der Waals surface area contributed by atoms with Crippen molar-refractivity contribution < 1.29 is 9.50 Å². The van der Waals surface area contributed by atoms with Crippen molar-refractivity contribution in [1.82, 2.24) is 0 Å². The molecule has 1 nitrogen and oxygen atoms in total. The number of benzene rings is 1. The Hall–Kier alpha value is -0.540. The van der Waals surface area contributed by atoms with Gasteiger partial charge in [0.2, 0.25) is 0 Å². The Bertz CT molecular complexity index is 299. The summed E-state index contributed by atoms with van der Waals surface area (Å²) in [5, 5.41) is 9.43. The maximum absolute atomic E-state index is 13.4. The van der Waals surface area contributed by atoms with Crippen LogP contribution in [0.5, 0.6) is 0 Å². The van der Waals surface area contributed by atoms with Crippen LogP contribution in [0.25, 0.3) is 0 Å². The smallest absolute Gasteiger partial charge is 0.130 e. The lowest BCUT2D eigenvalue weighted by atomic mass is 10.1. The Morgan fingerprint density at radius 2 is 2.21 bits per heavy atom. The number of thioether (sulfide) groups is 1. The summed E-state index contributed by atoms with van der Waals surface area (Å²) in [4.78, 5) is 0.849. The number of aliphatic hydroxyl groups excluding tert-OH is 1. The minimum atomic E-state index is -0.740. The summed E-state index contributed by atoms with van der Waals surface area (Å²) in [5.41, 5.74) is 0.422. The van der Waals surface area contributed by atoms with Crippen molar-refractivity contribution in [2.45, 2.75) is 31.3 Å². The maximum Gasteiger partial charge on any atom is 0.130 e. The Labute approximate surface area is 88.3 Å². The third-order valence-electron chi connectivity index (χ3n) is 1.89. The van der Waals surface area contributed by atoms with E-state index in [-0.39, 0.29) is 5.82 Å². The fourth-order valence-electron chi connectivity index (χ4n) is 1.26. The third-order valence-corrected chi connectivity index (χ3v) is 3.17. The highest BCUT2D eigenvalue weighted by Crippen LogP contribution is 2.29. The average Bonchev–Trinajstić information content (AvgIpc) is 2.14. The van der Waals surface area contributed by atoms with Crippen LogP contribution in [0.15, 0.2) is 23.1 Å². The van der Waals surface area contributed by atoms with Gasteiger partial charge in [0.15, 0.2) is 0 Å². The average molecular weight is 214 g/mol. The molecule has 0 heterocycles. The van der Waals surface area contributed by atoms with Crippen LogP contribution in [-0.4, -0.2) is 10.9 Å². The fourth-order valence-corrected chi connectivity index (χ4v) is 2.28. The summed E-state index contributed by atoms with van der Waals surface area (Å²) in [6, 6.07) is 4.92. The van der Waals surface area contributed by atoms with E-state index >= 15 is 0 Å². The minimum absolute atomic E-state index is 0.318. The molecule has 0 aliphatic carbocycles. The summed E-state index contributed by atoms with van der Waals surface area (Å²) in [6.07, 6.45) is 0.302. The van der Waals surface area contributed by atoms with Crippen molar-refractivity contribution in [3.63, 3.8) is 0 Å². The van der Waals surface area contributed by atoms with Crippen LogP contribution in [-0.2, 0) is 0 Å². The first-order valence-corrected chi connectivity index (χ1v) is 5.74. The number of aliphatic hydroxyl groups is 1. The van der Waals surface area contributed by atoms with Gasteiger partial charge in [-0.3, -0.25) is 0 Å². The number of hydrogen-bond donors (Lipinski definition) is 1. The second-order valence-corrected chi connectivity index (χ2v) is 4.31. The number of hydrogen-bond acceptors (Lipinski definition) is 2. The molecule has 0 radical (unpaired) electrons. The zero-order valence-electron chi connectivity index (χ0n) is 8.46. The molecular formula is C11H15FOS. The predicted molar refractivity (Wildman–Crippen MR) is 58.0 cm³/mol. The van der Waals surface area contributed by atoms with Crippen LogP contribution < -0.4 is 0 Å². The van der Waals surface area contributed by atoms with Crippen molar-refractivity contribution in [2.24, 2.45) is 0 Å². The van der Waals surface area contributed by atoms with Gasteiger partial charge in [-0.1, -0.05) is 13.0 Å². The quantitative estimate of drug-likeness (QED) is 0.775. The molecule has 1 aromatic rings. The van der Waals surface area contributed by atoms with E-state index in [1.54, 1.807) is 24.8 Å². The number of halogens is 1. The van der Waals surface area contributed by atoms with Crippen LogP contribution >= 0.6 is 11.8 Å².